The first kappa shape index (κ1) is 11.3. The quantitative estimate of drug-likeness (QED) is 0.818. The highest BCUT2D eigenvalue weighted by Crippen LogP contribution is 2.23. The zero-order valence-electron chi connectivity index (χ0n) is 8.88. The van der Waals surface area contributed by atoms with Crippen LogP contribution in [-0.2, 0) is 4.74 Å². The standard InChI is InChI=1S/C10H13N3O2S/c1-15-5-7(4-14)13-9-8-2-3-16-10(8)12-6-11-9/h2-3,6-7,14H,4-5H2,1H3,(H,11,12,13). The van der Waals surface area contributed by atoms with Crippen LogP contribution in [0.3, 0.4) is 0 Å². The molecule has 0 fully saturated rings. The summed E-state index contributed by atoms with van der Waals surface area (Å²) in [4.78, 5) is 9.26. The number of aliphatic hydroxyl groups is 1. The molecule has 0 aliphatic heterocycles. The van der Waals surface area contributed by atoms with Crippen molar-refractivity contribution in [1.29, 1.82) is 0 Å². The van der Waals surface area contributed by atoms with Crippen molar-refractivity contribution in [3.8, 4) is 0 Å². The average molecular weight is 239 g/mol. The number of rotatable bonds is 5. The lowest BCUT2D eigenvalue weighted by molar-refractivity contribution is 0.153. The van der Waals surface area contributed by atoms with E-state index in [4.69, 9.17) is 9.84 Å². The molecule has 86 valence electrons. The highest BCUT2D eigenvalue weighted by Gasteiger charge is 2.10. The topological polar surface area (TPSA) is 67.3 Å². The summed E-state index contributed by atoms with van der Waals surface area (Å²) in [5.74, 6) is 0.738. The monoisotopic (exact) mass is 239 g/mol. The summed E-state index contributed by atoms with van der Waals surface area (Å²) >= 11 is 1.56. The summed E-state index contributed by atoms with van der Waals surface area (Å²) in [6.07, 6.45) is 1.52. The fourth-order valence-electron chi connectivity index (χ4n) is 1.44. The van der Waals surface area contributed by atoms with Gasteiger partial charge in [0.1, 0.15) is 17.0 Å². The van der Waals surface area contributed by atoms with E-state index in [2.05, 4.69) is 15.3 Å². The minimum Gasteiger partial charge on any atom is -0.394 e. The highest BCUT2D eigenvalue weighted by atomic mass is 32.1. The van der Waals surface area contributed by atoms with Crippen molar-refractivity contribution in [2.75, 3.05) is 25.6 Å². The lowest BCUT2D eigenvalue weighted by Gasteiger charge is -2.15. The Morgan fingerprint density at radius 2 is 2.44 bits per heavy atom. The number of hydrogen-bond acceptors (Lipinski definition) is 6. The van der Waals surface area contributed by atoms with E-state index in [0.717, 1.165) is 16.0 Å². The number of fused-ring (bicyclic) bond motifs is 1. The molecular weight excluding hydrogens is 226 g/mol. The van der Waals surface area contributed by atoms with E-state index in [1.165, 1.54) is 6.33 Å². The number of anilines is 1. The summed E-state index contributed by atoms with van der Waals surface area (Å²) in [5.41, 5.74) is 0. The first-order valence-corrected chi connectivity index (χ1v) is 5.77. The number of hydrogen-bond donors (Lipinski definition) is 2. The van der Waals surface area contributed by atoms with E-state index in [9.17, 15) is 0 Å². The third-order valence-electron chi connectivity index (χ3n) is 2.19. The maximum Gasteiger partial charge on any atom is 0.138 e. The molecule has 0 bridgehead atoms. The van der Waals surface area contributed by atoms with Gasteiger partial charge in [-0.15, -0.1) is 11.3 Å². The molecule has 1 atom stereocenters. The number of thiophene rings is 1. The van der Waals surface area contributed by atoms with Gasteiger partial charge in [0.15, 0.2) is 0 Å². The Kier molecular flexibility index (Phi) is 3.66. The number of methoxy groups -OCH3 is 1. The van der Waals surface area contributed by atoms with Crippen LogP contribution in [0.1, 0.15) is 0 Å². The lowest BCUT2D eigenvalue weighted by atomic mass is 10.3. The number of aliphatic hydroxyl groups excluding tert-OH is 1. The van der Waals surface area contributed by atoms with Crippen LogP contribution in [0.25, 0.3) is 10.2 Å². The van der Waals surface area contributed by atoms with Gasteiger partial charge in [0.05, 0.1) is 24.6 Å². The Labute approximate surface area is 97.1 Å². The number of nitrogens with zero attached hydrogens (tertiary/aromatic N) is 2. The zero-order valence-corrected chi connectivity index (χ0v) is 9.70. The van der Waals surface area contributed by atoms with E-state index >= 15 is 0 Å². The fourth-order valence-corrected chi connectivity index (χ4v) is 2.17. The van der Waals surface area contributed by atoms with Gasteiger partial charge in [0.25, 0.3) is 0 Å². The number of aromatic nitrogens is 2. The van der Waals surface area contributed by atoms with Gasteiger partial charge in [-0.1, -0.05) is 0 Å². The maximum atomic E-state index is 9.16. The molecule has 0 aliphatic rings. The van der Waals surface area contributed by atoms with E-state index in [1.807, 2.05) is 11.4 Å². The summed E-state index contributed by atoms with van der Waals surface area (Å²) < 4.78 is 5.00. The Bertz CT molecular complexity index is 460. The van der Waals surface area contributed by atoms with Crippen LogP contribution in [0.5, 0.6) is 0 Å². The first-order valence-electron chi connectivity index (χ1n) is 4.89. The van der Waals surface area contributed by atoms with E-state index in [0.29, 0.717) is 6.61 Å². The lowest BCUT2D eigenvalue weighted by Crippen LogP contribution is -2.29. The van der Waals surface area contributed by atoms with Crippen LogP contribution in [-0.4, -0.2) is 41.4 Å². The second-order valence-corrected chi connectivity index (χ2v) is 4.24. The Hall–Kier alpha value is -1.24. The van der Waals surface area contributed by atoms with Crippen molar-refractivity contribution >= 4 is 27.4 Å². The Morgan fingerprint density at radius 3 is 3.19 bits per heavy atom. The molecule has 16 heavy (non-hydrogen) atoms. The molecule has 0 radical (unpaired) electrons. The van der Waals surface area contributed by atoms with Crippen LogP contribution >= 0.6 is 11.3 Å². The molecule has 2 aromatic rings. The number of nitrogens with one attached hydrogen (secondary N) is 1. The average Bonchev–Trinajstić information content (AvgIpc) is 2.77. The molecule has 2 heterocycles. The maximum absolute atomic E-state index is 9.16. The van der Waals surface area contributed by atoms with Gasteiger partial charge in [0, 0.05) is 7.11 Å². The van der Waals surface area contributed by atoms with Crippen molar-refractivity contribution in [2.45, 2.75) is 6.04 Å². The molecule has 2 aromatic heterocycles. The zero-order chi connectivity index (χ0) is 11.4. The fraction of sp³-hybridized carbons (Fsp3) is 0.400. The second-order valence-electron chi connectivity index (χ2n) is 3.34. The van der Waals surface area contributed by atoms with Crippen molar-refractivity contribution in [3.05, 3.63) is 17.8 Å². The van der Waals surface area contributed by atoms with Gasteiger partial charge in [-0.05, 0) is 11.4 Å². The minimum atomic E-state index is -0.150. The van der Waals surface area contributed by atoms with Crippen LogP contribution in [0.4, 0.5) is 5.82 Å². The first-order chi connectivity index (χ1) is 7.85. The molecule has 6 heteroatoms. The highest BCUT2D eigenvalue weighted by molar-refractivity contribution is 7.16. The van der Waals surface area contributed by atoms with E-state index in [1.54, 1.807) is 18.4 Å². The third-order valence-corrected chi connectivity index (χ3v) is 3.01. The predicted octanol–water partition coefficient (Wildman–Crippen LogP) is 1.11. The van der Waals surface area contributed by atoms with E-state index in [-0.39, 0.29) is 12.6 Å². The Morgan fingerprint density at radius 1 is 1.56 bits per heavy atom. The summed E-state index contributed by atoms with van der Waals surface area (Å²) in [5, 5.41) is 15.2. The third kappa shape index (κ3) is 2.29. The van der Waals surface area contributed by atoms with Crippen molar-refractivity contribution in [1.82, 2.24) is 9.97 Å². The van der Waals surface area contributed by atoms with Gasteiger partial charge in [-0.25, -0.2) is 9.97 Å². The van der Waals surface area contributed by atoms with Crippen LogP contribution in [0.2, 0.25) is 0 Å². The molecule has 0 saturated carbocycles. The molecule has 2 rings (SSSR count). The molecule has 0 aliphatic carbocycles. The molecule has 0 saturated heterocycles. The van der Waals surface area contributed by atoms with E-state index < -0.39 is 0 Å². The largest absolute Gasteiger partial charge is 0.394 e. The number of ether oxygens (including phenoxy) is 1. The van der Waals surface area contributed by atoms with Crippen LogP contribution in [0.15, 0.2) is 17.8 Å². The molecule has 2 N–H and O–H groups in total. The molecule has 0 spiro atoms. The van der Waals surface area contributed by atoms with Gasteiger partial charge in [0.2, 0.25) is 0 Å². The molecule has 0 amide bonds. The second kappa shape index (κ2) is 5.20. The molecule has 1 unspecified atom stereocenters. The van der Waals surface area contributed by atoms with Gasteiger partial charge in [-0.2, -0.15) is 0 Å². The molecule has 0 aromatic carbocycles. The van der Waals surface area contributed by atoms with Gasteiger partial charge >= 0.3 is 0 Å². The molecule has 5 nitrogen and oxygen atoms in total. The van der Waals surface area contributed by atoms with Crippen molar-refractivity contribution in [2.24, 2.45) is 0 Å². The summed E-state index contributed by atoms with van der Waals surface area (Å²) in [6, 6.07) is 1.81. The van der Waals surface area contributed by atoms with Crippen molar-refractivity contribution < 1.29 is 9.84 Å². The smallest absolute Gasteiger partial charge is 0.138 e. The van der Waals surface area contributed by atoms with Crippen LogP contribution < -0.4 is 5.32 Å². The Balaban J connectivity index is 2.22. The van der Waals surface area contributed by atoms with Gasteiger partial charge in [-0.3, -0.25) is 0 Å². The van der Waals surface area contributed by atoms with Crippen LogP contribution in [0, 0.1) is 0 Å². The van der Waals surface area contributed by atoms with Crippen molar-refractivity contribution in [3.63, 3.8) is 0 Å². The summed E-state index contributed by atoms with van der Waals surface area (Å²) in [7, 11) is 1.60. The predicted molar refractivity (Wildman–Crippen MR) is 63.8 cm³/mol. The normalized spacial score (nSPS) is 12.9. The molecular formula is C10H13N3O2S. The minimum absolute atomic E-state index is 0.00345. The van der Waals surface area contributed by atoms with Gasteiger partial charge < -0.3 is 15.2 Å². The SMILES string of the molecule is COCC(CO)Nc1ncnc2sccc12. The summed E-state index contributed by atoms with van der Waals surface area (Å²) in [6.45, 7) is 0.440.